The minimum atomic E-state index is -0.0647. The van der Waals surface area contributed by atoms with Gasteiger partial charge >= 0.3 is 0 Å². The summed E-state index contributed by atoms with van der Waals surface area (Å²) < 4.78 is 1.02. The SMILES string of the molecule is Cc1cc(Br)ccc1C(=O)N1CC2CNCC2C1(C)C. The molecule has 20 heavy (non-hydrogen) atoms. The highest BCUT2D eigenvalue weighted by molar-refractivity contribution is 9.10. The quantitative estimate of drug-likeness (QED) is 0.855. The van der Waals surface area contributed by atoms with E-state index in [0.29, 0.717) is 11.8 Å². The van der Waals surface area contributed by atoms with Crippen molar-refractivity contribution < 1.29 is 4.79 Å². The van der Waals surface area contributed by atoms with E-state index >= 15 is 0 Å². The first-order chi connectivity index (χ1) is 9.41. The van der Waals surface area contributed by atoms with Crippen molar-refractivity contribution in [2.75, 3.05) is 19.6 Å². The largest absolute Gasteiger partial charge is 0.333 e. The lowest BCUT2D eigenvalue weighted by Crippen LogP contribution is -2.47. The molecule has 2 aliphatic heterocycles. The van der Waals surface area contributed by atoms with Crippen LogP contribution < -0.4 is 5.32 Å². The monoisotopic (exact) mass is 336 g/mol. The summed E-state index contributed by atoms with van der Waals surface area (Å²) in [7, 11) is 0. The van der Waals surface area contributed by atoms with Crippen LogP contribution in [0, 0.1) is 18.8 Å². The van der Waals surface area contributed by atoms with Gasteiger partial charge in [0.05, 0.1) is 0 Å². The van der Waals surface area contributed by atoms with Crippen molar-refractivity contribution in [3.63, 3.8) is 0 Å². The van der Waals surface area contributed by atoms with Crippen LogP contribution >= 0.6 is 15.9 Å². The lowest BCUT2D eigenvalue weighted by Gasteiger charge is -2.36. The van der Waals surface area contributed by atoms with E-state index < -0.39 is 0 Å². The van der Waals surface area contributed by atoms with Gasteiger partial charge in [-0.15, -0.1) is 0 Å². The Kier molecular flexibility index (Phi) is 3.41. The van der Waals surface area contributed by atoms with Crippen molar-refractivity contribution in [1.29, 1.82) is 0 Å². The summed E-state index contributed by atoms with van der Waals surface area (Å²) in [5, 5.41) is 3.45. The summed E-state index contributed by atoms with van der Waals surface area (Å²) in [6, 6.07) is 5.90. The second-order valence-corrected chi connectivity index (χ2v) is 7.47. The van der Waals surface area contributed by atoms with E-state index in [0.717, 1.165) is 35.2 Å². The molecule has 2 unspecified atom stereocenters. The summed E-state index contributed by atoms with van der Waals surface area (Å²) in [5.74, 6) is 1.35. The summed E-state index contributed by atoms with van der Waals surface area (Å²) >= 11 is 3.46. The molecular formula is C16H21BrN2O. The number of nitrogens with one attached hydrogen (secondary N) is 1. The molecule has 2 heterocycles. The summed E-state index contributed by atoms with van der Waals surface area (Å²) in [5.41, 5.74) is 1.80. The Labute approximate surface area is 128 Å². The van der Waals surface area contributed by atoms with Gasteiger partial charge in [-0.3, -0.25) is 4.79 Å². The second kappa shape index (κ2) is 4.85. The first-order valence-corrected chi connectivity index (χ1v) is 7.99. The maximum Gasteiger partial charge on any atom is 0.254 e. The van der Waals surface area contributed by atoms with Gasteiger partial charge in [0.1, 0.15) is 0 Å². The molecule has 0 aromatic heterocycles. The number of amides is 1. The predicted octanol–water partition coefficient (Wildman–Crippen LogP) is 2.83. The van der Waals surface area contributed by atoms with E-state index in [2.05, 4.69) is 40.0 Å². The fourth-order valence-corrected chi connectivity index (χ4v) is 4.25. The Bertz CT molecular complexity index is 555. The number of likely N-dealkylation sites (tertiary alicyclic amines) is 1. The van der Waals surface area contributed by atoms with Crippen molar-refractivity contribution in [3.05, 3.63) is 33.8 Å². The van der Waals surface area contributed by atoms with Crippen LogP contribution in [0.4, 0.5) is 0 Å². The normalized spacial score (nSPS) is 27.7. The van der Waals surface area contributed by atoms with E-state index in [-0.39, 0.29) is 11.4 Å². The number of carbonyl (C=O) groups excluding carboxylic acids is 1. The van der Waals surface area contributed by atoms with Crippen LogP contribution in [0.5, 0.6) is 0 Å². The fraction of sp³-hybridized carbons (Fsp3) is 0.562. The molecule has 108 valence electrons. The lowest BCUT2D eigenvalue weighted by atomic mass is 9.84. The number of fused-ring (bicyclic) bond motifs is 1. The van der Waals surface area contributed by atoms with Gasteiger partial charge in [-0.25, -0.2) is 0 Å². The van der Waals surface area contributed by atoms with E-state index in [1.165, 1.54) is 0 Å². The van der Waals surface area contributed by atoms with E-state index in [4.69, 9.17) is 0 Å². The van der Waals surface area contributed by atoms with Crippen molar-refractivity contribution in [2.24, 2.45) is 11.8 Å². The van der Waals surface area contributed by atoms with Gasteiger partial charge in [-0.2, -0.15) is 0 Å². The molecule has 2 atom stereocenters. The van der Waals surface area contributed by atoms with E-state index in [1.54, 1.807) is 0 Å². The molecule has 1 aromatic carbocycles. The average molecular weight is 337 g/mol. The molecule has 1 N–H and O–H groups in total. The number of halogens is 1. The van der Waals surface area contributed by atoms with Crippen LogP contribution in [0.1, 0.15) is 29.8 Å². The van der Waals surface area contributed by atoms with E-state index in [9.17, 15) is 4.79 Å². The number of hydrogen-bond acceptors (Lipinski definition) is 2. The molecule has 4 heteroatoms. The van der Waals surface area contributed by atoms with Crippen LogP contribution in [-0.4, -0.2) is 36.0 Å². The molecule has 3 rings (SSSR count). The Morgan fingerprint density at radius 2 is 2.15 bits per heavy atom. The molecular weight excluding hydrogens is 316 g/mol. The van der Waals surface area contributed by atoms with Crippen molar-refractivity contribution >= 4 is 21.8 Å². The van der Waals surface area contributed by atoms with Gasteiger partial charge in [-0.05, 0) is 56.4 Å². The summed E-state index contributed by atoms with van der Waals surface area (Å²) in [4.78, 5) is 15.0. The lowest BCUT2D eigenvalue weighted by molar-refractivity contribution is 0.0602. The number of nitrogens with zero attached hydrogens (tertiary/aromatic N) is 1. The van der Waals surface area contributed by atoms with Crippen LogP contribution in [0.15, 0.2) is 22.7 Å². The van der Waals surface area contributed by atoms with Gasteiger partial charge in [0.25, 0.3) is 5.91 Å². The third-order valence-corrected chi connectivity index (χ3v) is 5.52. The summed E-state index contributed by atoms with van der Waals surface area (Å²) in [6.07, 6.45) is 0. The van der Waals surface area contributed by atoms with Gasteiger partial charge in [0.2, 0.25) is 0 Å². The van der Waals surface area contributed by atoms with Gasteiger partial charge in [-0.1, -0.05) is 15.9 Å². The molecule has 1 aromatic rings. The van der Waals surface area contributed by atoms with Crippen LogP contribution in [0.25, 0.3) is 0 Å². The zero-order valence-electron chi connectivity index (χ0n) is 12.2. The van der Waals surface area contributed by atoms with Crippen LogP contribution in [0.3, 0.4) is 0 Å². The van der Waals surface area contributed by atoms with Crippen molar-refractivity contribution in [3.8, 4) is 0 Å². The molecule has 2 fully saturated rings. The number of benzene rings is 1. The number of carbonyl (C=O) groups is 1. The maximum absolute atomic E-state index is 12.9. The van der Waals surface area contributed by atoms with E-state index in [1.807, 2.05) is 25.1 Å². The summed E-state index contributed by atoms with van der Waals surface area (Å²) in [6.45, 7) is 9.36. The maximum atomic E-state index is 12.9. The Morgan fingerprint density at radius 3 is 2.80 bits per heavy atom. The molecule has 0 radical (unpaired) electrons. The Hall–Kier alpha value is -0.870. The zero-order chi connectivity index (χ0) is 14.5. The molecule has 2 saturated heterocycles. The predicted molar refractivity (Wildman–Crippen MR) is 83.8 cm³/mol. The molecule has 2 aliphatic rings. The molecule has 3 nitrogen and oxygen atoms in total. The Balaban J connectivity index is 1.91. The zero-order valence-corrected chi connectivity index (χ0v) is 13.8. The van der Waals surface area contributed by atoms with Gasteiger partial charge in [0.15, 0.2) is 0 Å². The number of hydrogen-bond donors (Lipinski definition) is 1. The van der Waals surface area contributed by atoms with Crippen molar-refractivity contribution in [2.45, 2.75) is 26.3 Å². The minimum Gasteiger partial charge on any atom is -0.333 e. The topological polar surface area (TPSA) is 32.3 Å². The second-order valence-electron chi connectivity index (χ2n) is 6.55. The smallest absolute Gasteiger partial charge is 0.254 e. The third-order valence-electron chi connectivity index (χ3n) is 5.02. The molecule has 0 aliphatic carbocycles. The fourth-order valence-electron chi connectivity index (χ4n) is 3.78. The number of aryl methyl sites for hydroxylation is 1. The highest BCUT2D eigenvalue weighted by Gasteiger charge is 2.51. The first kappa shape index (κ1) is 14.1. The molecule has 1 amide bonds. The molecule has 0 spiro atoms. The first-order valence-electron chi connectivity index (χ1n) is 7.20. The van der Waals surface area contributed by atoms with Crippen LogP contribution in [-0.2, 0) is 0 Å². The average Bonchev–Trinajstić information content (AvgIpc) is 2.91. The minimum absolute atomic E-state index is 0.0647. The standard InChI is InChI=1S/C16H21BrN2O/c1-10-6-12(17)4-5-13(10)15(20)19-9-11-7-18-8-14(11)16(19,2)3/h4-6,11,14,18H,7-9H2,1-3H3. The highest BCUT2D eigenvalue weighted by Crippen LogP contribution is 2.41. The van der Waals surface area contributed by atoms with Crippen LogP contribution in [0.2, 0.25) is 0 Å². The van der Waals surface area contributed by atoms with Gasteiger partial charge in [0, 0.05) is 35.2 Å². The number of rotatable bonds is 1. The third kappa shape index (κ3) is 2.09. The highest BCUT2D eigenvalue weighted by atomic mass is 79.9. The Morgan fingerprint density at radius 1 is 1.40 bits per heavy atom. The van der Waals surface area contributed by atoms with Gasteiger partial charge < -0.3 is 10.2 Å². The van der Waals surface area contributed by atoms with Crippen molar-refractivity contribution in [1.82, 2.24) is 10.2 Å². The molecule has 0 saturated carbocycles. The molecule has 0 bridgehead atoms.